The van der Waals surface area contributed by atoms with Crippen LogP contribution >= 0.6 is 15.9 Å². The molecule has 0 amide bonds. The molecule has 1 aromatic rings. The topological polar surface area (TPSA) is 38.0 Å². The molecule has 0 heterocycles. The number of aryl methyl sites for hydroxylation is 1. The van der Waals surface area contributed by atoms with Gasteiger partial charge in [-0.15, -0.1) is 0 Å². The van der Waals surface area contributed by atoms with E-state index in [2.05, 4.69) is 40.3 Å². The zero-order chi connectivity index (χ0) is 10.6. The van der Waals surface area contributed by atoms with E-state index in [9.17, 15) is 0 Å². The van der Waals surface area contributed by atoms with Gasteiger partial charge in [-0.2, -0.15) is 0 Å². The third-order valence-corrected chi connectivity index (χ3v) is 2.60. The van der Waals surface area contributed by atoms with Crippen molar-refractivity contribution in [1.29, 1.82) is 0 Å². The van der Waals surface area contributed by atoms with Crippen molar-refractivity contribution in [3.8, 4) is 0 Å². The molecule has 2 nitrogen and oxygen atoms in total. The van der Waals surface area contributed by atoms with Gasteiger partial charge in [-0.25, -0.2) is 0 Å². The third kappa shape index (κ3) is 3.68. The first kappa shape index (κ1) is 11.5. The van der Waals surface area contributed by atoms with Gasteiger partial charge in [-0.3, -0.25) is 0 Å². The Labute approximate surface area is 94.0 Å². The molecule has 0 aliphatic heterocycles. The van der Waals surface area contributed by atoms with Gasteiger partial charge in [0, 0.05) is 22.7 Å². The second kappa shape index (κ2) is 5.37. The Bertz CT molecular complexity index is 297. The van der Waals surface area contributed by atoms with Gasteiger partial charge in [0.2, 0.25) is 0 Å². The molecular weight excluding hydrogens is 240 g/mol. The van der Waals surface area contributed by atoms with Gasteiger partial charge in [0.1, 0.15) is 0 Å². The molecule has 1 rings (SSSR count). The average Bonchev–Trinajstić information content (AvgIpc) is 2.08. The van der Waals surface area contributed by atoms with Gasteiger partial charge < -0.3 is 11.1 Å². The first-order valence-electron chi connectivity index (χ1n) is 4.85. The van der Waals surface area contributed by atoms with Gasteiger partial charge in [0.25, 0.3) is 0 Å². The van der Waals surface area contributed by atoms with Crippen molar-refractivity contribution < 1.29 is 0 Å². The molecule has 1 atom stereocenters. The van der Waals surface area contributed by atoms with Crippen LogP contribution in [0.2, 0.25) is 0 Å². The molecule has 0 radical (unpaired) electrons. The fourth-order valence-electron chi connectivity index (χ4n) is 1.26. The van der Waals surface area contributed by atoms with Crippen molar-refractivity contribution in [3.63, 3.8) is 0 Å². The number of hydrogen-bond donors (Lipinski definition) is 2. The van der Waals surface area contributed by atoms with E-state index in [0.29, 0.717) is 0 Å². The largest absolute Gasteiger partial charge is 0.385 e. The van der Waals surface area contributed by atoms with Gasteiger partial charge in [0.05, 0.1) is 0 Å². The van der Waals surface area contributed by atoms with Crippen molar-refractivity contribution in [2.24, 2.45) is 5.73 Å². The molecule has 0 spiro atoms. The van der Waals surface area contributed by atoms with Crippen LogP contribution in [0.25, 0.3) is 0 Å². The van der Waals surface area contributed by atoms with E-state index in [1.54, 1.807) is 0 Å². The predicted molar refractivity (Wildman–Crippen MR) is 65.6 cm³/mol. The number of nitrogens with two attached hydrogens (primary N) is 1. The van der Waals surface area contributed by atoms with Crippen molar-refractivity contribution in [2.75, 3.05) is 11.9 Å². The average molecular weight is 257 g/mol. The molecule has 0 aliphatic rings. The van der Waals surface area contributed by atoms with E-state index in [4.69, 9.17) is 5.73 Å². The molecule has 1 aromatic carbocycles. The SMILES string of the molecule is Cc1cc(Br)ccc1NCCC(C)N. The molecular formula is C11H17BrN2. The number of halogens is 1. The summed E-state index contributed by atoms with van der Waals surface area (Å²) < 4.78 is 1.12. The van der Waals surface area contributed by atoms with Crippen LogP contribution in [0.3, 0.4) is 0 Å². The lowest BCUT2D eigenvalue weighted by Gasteiger charge is -2.11. The van der Waals surface area contributed by atoms with Crippen molar-refractivity contribution in [2.45, 2.75) is 26.3 Å². The van der Waals surface area contributed by atoms with Gasteiger partial charge in [0.15, 0.2) is 0 Å². The molecule has 0 aliphatic carbocycles. The molecule has 0 bridgehead atoms. The van der Waals surface area contributed by atoms with Crippen LogP contribution in [-0.2, 0) is 0 Å². The highest BCUT2D eigenvalue weighted by Crippen LogP contribution is 2.19. The van der Waals surface area contributed by atoms with Crippen LogP contribution in [0, 0.1) is 6.92 Å². The Morgan fingerprint density at radius 1 is 1.50 bits per heavy atom. The Morgan fingerprint density at radius 3 is 2.79 bits per heavy atom. The lowest BCUT2D eigenvalue weighted by Crippen LogP contribution is -2.19. The fourth-order valence-corrected chi connectivity index (χ4v) is 1.74. The molecule has 0 saturated heterocycles. The summed E-state index contributed by atoms with van der Waals surface area (Å²) in [5.41, 5.74) is 8.11. The minimum Gasteiger partial charge on any atom is -0.385 e. The normalized spacial score (nSPS) is 12.6. The fraction of sp³-hybridized carbons (Fsp3) is 0.455. The van der Waals surface area contributed by atoms with E-state index in [1.807, 2.05) is 13.0 Å². The van der Waals surface area contributed by atoms with Crippen molar-refractivity contribution in [1.82, 2.24) is 0 Å². The minimum atomic E-state index is 0.262. The standard InChI is InChI=1S/C11H17BrN2/c1-8-7-10(12)3-4-11(8)14-6-5-9(2)13/h3-4,7,9,14H,5-6,13H2,1-2H3. The lowest BCUT2D eigenvalue weighted by molar-refractivity contribution is 0.690. The summed E-state index contributed by atoms with van der Waals surface area (Å²) in [6, 6.07) is 6.49. The van der Waals surface area contributed by atoms with E-state index in [0.717, 1.165) is 17.4 Å². The maximum absolute atomic E-state index is 5.67. The van der Waals surface area contributed by atoms with Gasteiger partial charge in [-0.05, 0) is 44.0 Å². The molecule has 0 fully saturated rings. The third-order valence-electron chi connectivity index (χ3n) is 2.10. The van der Waals surface area contributed by atoms with Gasteiger partial charge >= 0.3 is 0 Å². The van der Waals surface area contributed by atoms with Crippen LogP contribution in [0.4, 0.5) is 5.69 Å². The highest BCUT2D eigenvalue weighted by molar-refractivity contribution is 9.10. The summed E-state index contributed by atoms with van der Waals surface area (Å²) in [4.78, 5) is 0. The number of hydrogen-bond acceptors (Lipinski definition) is 2. The van der Waals surface area contributed by atoms with E-state index in [-0.39, 0.29) is 6.04 Å². The Balaban J connectivity index is 2.51. The molecule has 1 unspecified atom stereocenters. The molecule has 3 N–H and O–H groups in total. The number of benzene rings is 1. The van der Waals surface area contributed by atoms with Crippen LogP contribution in [0.1, 0.15) is 18.9 Å². The minimum absolute atomic E-state index is 0.262. The predicted octanol–water partition coefficient (Wildman–Crippen LogP) is 2.91. The number of rotatable bonds is 4. The number of anilines is 1. The van der Waals surface area contributed by atoms with Crippen LogP contribution in [0.15, 0.2) is 22.7 Å². The van der Waals surface area contributed by atoms with Gasteiger partial charge in [-0.1, -0.05) is 15.9 Å². The Morgan fingerprint density at radius 2 is 2.21 bits per heavy atom. The zero-order valence-electron chi connectivity index (χ0n) is 8.68. The summed E-state index contributed by atoms with van der Waals surface area (Å²) in [5.74, 6) is 0. The van der Waals surface area contributed by atoms with E-state index < -0.39 is 0 Å². The highest BCUT2D eigenvalue weighted by Gasteiger charge is 1.98. The summed E-state index contributed by atoms with van der Waals surface area (Å²) in [6.07, 6.45) is 0.996. The molecule has 0 aromatic heterocycles. The molecule has 3 heteroatoms. The van der Waals surface area contributed by atoms with Crippen molar-refractivity contribution in [3.05, 3.63) is 28.2 Å². The Kier molecular flexibility index (Phi) is 4.42. The number of nitrogens with one attached hydrogen (secondary N) is 1. The molecule has 0 saturated carbocycles. The Hall–Kier alpha value is -0.540. The summed E-state index contributed by atoms with van der Waals surface area (Å²) in [5, 5.41) is 3.37. The smallest absolute Gasteiger partial charge is 0.0370 e. The monoisotopic (exact) mass is 256 g/mol. The zero-order valence-corrected chi connectivity index (χ0v) is 10.3. The van der Waals surface area contributed by atoms with Crippen molar-refractivity contribution >= 4 is 21.6 Å². The molecule has 78 valence electrons. The molecule has 14 heavy (non-hydrogen) atoms. The van der Waals surface area contributed by atoms with E-state index >= 15 is 0 Å². The lowest BCUT2D eigenvalue weighted by atomic mass is 10.2. The first-order chi connectivity index (χ1) is 6.59. The maximum atomic E-state index is 5.67. The van der Waals surface area contributed by atoms with E-state index in [1.165, 1.54) is 11.3 Å². The van der Waals surface area contributed by atoms with Crippen LogP contribution in [-0.4, -0.2) is 12.6 Å². The first-order valence-corrected chi connectivity index (χ1v) is 5.64. The summed E-state index contributed by atoms with van der Waals surface area (Å²) in [7, 11) is 0. The second-order valence-corrected chi connectivity index (χ2v) is 4.57. The highest BCUT2D eigenvalue weighted by atomic mass is 79.9. The quantitative estimate of drug-likeness (QED) is 0.870. The maximum Gasteiger partial charge on any atom is 0.0370 e. The van der Waals surface area contributed by atoms with Crippen LogP contribution in [0.5, 0.6) is 0 Å². The van der Waals surface area contributed by atoms with Crippen LogP contribution < -0.4 is 11.1 Å². The summed E-state index contributed by atoms with van der Waals surface area (Å²) >= 11 is 3.44. The second-order valence-electron chi connectivity index (χ2n) is 3.65. The summed E-state index contributed by atoms with van der Waals surface area (Å²) in [6.45, 7) is 5.05.